The number of methoxy groups -OCH3 is 1. The molecule has 0 fully saturated rings. The molecule has 9 heteroatoms. The van der Waals surface area contributed by atoms with Crippen LogP contribution in [0.2, 0.25) is 10.0 Å². The number of hydrogen-bond acceptors (Lipinski definition) is 5. The Morgan fingerprint density at radius 1 is 1.19 bits per heavy atom. The van der Waals surface area contributed by atoms with Gasteiger partial charge in [0.2, 0.25) is 0 Å². The van der Waals surface area contributed by atoms with Crippen LogP contribution in [0.3, 0.4) is 0 Å². The van der Waals surface area contributed by atoms with E-state index in [0.29, 0.717) is 43.5 Å². The summed E-state index contributed by atoms with van der Waals surface area (Å²) in [5, 5.41) is 7.46. The van der Waals surface area contributed by atoms with Gasteiger partial charge in [-0.15, -0.1) is 0 Å². The van der Waals surface area contributed by atoms with E-state index in [1.807, 2.05) is 12.1 Å². The zero-order valence-corrected chi connectivity index (χ0v) is 19.6. The van der Waals surface area contributed by atoms with E-state index in [2.05, 4.69) is 10.6 Å². The summed E-state index contributed by atoms with van der Waals surface area (Å²) in [6, 6.07) is 10.3. The van der Waals surface area contributed by atoms with Crippen LogP contribution in [0.15, 0.2) is 47.7 Å². The lowest BCUT2D eigenvalue weighted by Crippen LogP contribution is -2.45. The summed E-state index contributed by atoms with van der Waals surface area (Å²) in [6.45, 7) is 4.07. The van der Waals surface area contributed by atoms with E-state index < -0.39 is 12.0 Å². The van der Waals surface area contributed by atoms with Crippen molar-refractivity contribution < 1.29 is 19.0 Å². The molecule has 0 saturated heterocycles. The first-order chi connectivity index (χ1) is 14.8. The van der Waals surface area contributed by atoms with Gasteiger partial charge in [0.05, 0.1) is 30.4 Å². The fourth-order valence-electron chi connectivity index (χ4n) is 3.21. The average molecular weight is 481 g/mol. The molecule has 1 aliphatic rings. The fourth-order valence-corrected chi connectivity index (χ4v) is 3.88. The number of nitrogens with one attached hydrogen (secondary N) is 2. The topological polar surface area (TPSA) is 68.8 Å². The Bertz CT molecular complexity index is 1020. The van der Waals surface area contributed by atoms with Gasteiger partial charge in [0.15, 0.2) is 16.6 Å². The van der Waals surface area contributed by atoms with Gasteiger partial charge < -0.3 is 24.8 Å². The fraction of sp³-hybridized carbons (Fsp3) is 0.273. The van der Waals surface area contributed by atoms with E-state index >= 15 is 0 Å². The van der Waals surface area contributed by atoms with Gasteiger partial charge in [0.1, 0.15) is 6.61 Å². The predicted molar refractivity (Wildman–Crippen MR) is 125 cm³/mol. The van der Waals surface area contributed by atoms with Gasteiger partial charge in [-0.2, -0.15) is 0 Å². The molecular weight excluding hydrogens is 459 g/mol. The van der Waals surface area contributed by atoms with Crippen LogP contribution in [-0.4, -0.2) is 24.8 Å². The molecule has 0 aromatic heterocycles. The van der Waals surface area contributed by atoms with E-state index in [1.54, 1.807) is 38.1 Å². The number of allylic oxidation sites excluding steroid dienone is 1. The van der Waals surface area contributed by atoms with Crippen LogP contribution in [-0.2, 0) is 16.1 Å². The van der Waals surface area contributed by atoms with Gasteiger partial charge in [-0.25, -0.2) is 4.79 Å². The van der Waals surface area contributed by atoms with Gasteiger partial charge in [-0.3, -0.25) is 0 Å². The van der Waals surface area contributed by atoms with Crippen LogP contribution in [0.4, 0.5) is 0 Å². The smallest absolute Gasteiger partial charge is 0.338 e. The maximum atomic E-state index is 12.6. The molecule has 2 N–H and O–H groups in total. The Morgan fingerprint density at radius 2 is 1.90 bits per heavy atom. The zero-order valence-electron chi connectivity index (χ0n) is 17.3. The molecule has 0 bridgehead atoms. The quantitative estimate of drug-likeness (QED) is 0.429. The molecule has 0 aliphatic carbocycles. The lowest BCUT2D eigenvalue weighted by Gasteiger charge is -2.30. The molecule has 0 amide bonds. The highest BCUT2D eigenvalue weighted by Gasteiger charge is 2.32. The first-order valence-corrected chi connectivity index (χ1v) is 10.7. The lowest BCUT2D eigenvalue weighted by molar-refractivity contribution is -0.139. The molecule has 1 aliphatic heterocycles. The highest BCUT2D eigenvalue weighted by Crippen LogP contribution is 2.40. The number of halogens is 2. The third-order valence-corrected chi connectivity index (χ3v) is 5.40. The summed E-state index contributed by atoms with van der Waals surface area (Å²) in [6.07, 6.45) is 0. The first-order valence-electron chi connectivity index (χ1n) is 9.54. The predicted octanol–water partition coefficient (Wildman–Crippen LogP) is 4.94. The molecule has 164 valence electrons. The molecular formula is C22H22Cl2N2O4S. The number of carbonyl (C=O) groups excluding carboxylic acids is 1. The highest BCUT2D eigenvalue weighted by molar-refractivity contribution is 7.80. The molecule has 2 aromatic carbocycles. The lowest BCUT2D eigenvalue weighted by atomic mass is 9.95. The maximum absolute atomic E-state index is 12.6. The van der Waals surface area contributed by atoms with Crippen molar-refractivity contribution in [1.82, 2.24) is 10.6 Å². The minimum atomic E-state index is -0.551. The molecule has 0 spiro atoms. The van der Waals surface area contributed by atoms with Crippen molar-refractivity contribution >= 4 is 46.5 Å². The van der Waals surface area contributed by atoms with Gasteiger partial charge in [0, 0.05) is 10.7 Å². The molecule has 0 saturated carbocycles. The molecule has 31 heavy (non-hydrogen) atoms. The summed E-state index contributed by atoms with van der Waals surface area (Å²) in [5.74, 6) is 0.395. The van der Waals surface area contributed by atoms with Crippen LogP contribution in [0, 0.1) is 0 Å². The largest absolute Gasteiger partial charge is 0.493 e. The van der Waals surface area contributed by atoms with Crippen molar-refractivity contribution in [2.75, 3.05) is 13.7 Å². The average Bonchev–Trinajstić information content (AvgIpc) is 2.73. The normalized spacial score (nSPS) is 15.8. The molecule has 0 unspecified atom stereocenters. The highest BCUT2D eigenvalue weighted by atomic mass is 35.5. The van der Waals surface area contributed by atoms with Crippen LogP contribution in [0.5, 0.6) is 11.5 Å². The van der Waals surface area contributed by atoms with Crippen molar-refractivity contribution in [3.63, 3.8) is 0 Å². The second-order valence-corrected chi connectivity index (χ2v) is 7.99. The minimum absolute atomic E-state index is 0.258. The van der Waals surface area contributed by atoms with E-state index in [9.17, 15) is 4.79 Å². The number of ether oxygens (including phenoxy) is 3. The first kappa shape index (κ1) is 23.2. The Hall–Kier alpha value is -2.48. The number of esters is 1. The number of rotatable bonds is 7. The zero-order chi connectivity index (χ0) is 22.5. The van der Waals surface area contributed by atoms with Crippen molar-refractivity contribution in [2.24, 2.45) is 0 Å². The maximum Gasteiger partial charge on any atom is 0.338 e. The second kappa shape index (κ2) is 10.2. The van der Waals surface area contributed by atoms with E-state index in [-0.39, 0.29) is 13.2 Å². The standard InChI is InChI=1S/C22H22Cl2N2O4S/c1-4-29-21(27)18-12(2)25-22(31)26-19(18)14-9-16(24)20(17(10-14)28-3)30-11-13-5-7-15(23)8-6-13/h5-10,19H,4,11H2,1-3H3,(H2,25,26,31)/t19-/m0/s1. The van der Waals surface area contributed by atoms with Gasteiger partial charge in [-0.1, -0.05) is 35.3 Å². The van der Waals surface area contributed by atoms with Crippen LogP contribution < -0.4 is 20.1 Å². The van der Waals surface area contributed by atoms with E-state index in [4.69, 9.17) is 49.6 Å². The number of hydrogen-bond donors (Lipinski definition) is 2. The summed E-state index contributed by atoms with van der Waals surface area (Å²) < 4.78 is 16.7. The SMILES string of the molecule is CCOC(=O)C1=C(C)NC(=S)N[C@H]1c1cc(Cl)c(OCc2ccc(Cl)cc2)c(OC)c1. The molecule has 3 rings (SSSR count). The Morgan fingerprint density at radius 3 is 2.55 bits per heavy atom. The van der Waals surface area contributed by atoms with Crippen molar-refractivity contribution in [2.45, 2.75) is 26.5 Å². The summed E-state index contributed by atoms with van der Waals surface area (Å²) >= 11 is 17.8. The number of thiocarbonyl (C=S) groups is 1. The van der Waals surface area contributed by atoms with Crippen molar-refractivity contribution in [3.8, 4) is 11.5 Å². The number of benzene rings is 2. The molecule has 1 heterocycles. The Kier molecular flexibility index (Phi) is 7.64. The molecule has 1 atom stereocenters. The van der Waals surface area contributed by atoms with Crippen molar-refractivity contribution in [3.05, 3.63) is 68.8 Å². The third kappa shape index (κ3) is 5.42. The molecule has 2 aromatic rings. The van der Waals surface area contributed by atoms with Crippen LogP contribution in [0.25, 0.3) is 0 Å². The monoisotopic (exact) mass is 480 g/mol. The Balaban J connectivity index is 1.93. The van der Waals surface area contributed by atoms with Gasteiger partial charge >= 0.3 is 5.97 Å². The van der Waals surface area contributed by atoms with Crippen molar-refractivity contribution in [1.29, 1.82) is 0 Å². The molecule has 0 radical (unpaired) electrons. The van der Waals surface area contributed by atoms with E-state index in [1.165, 1.54) is 7.11 Å². The minimum Gasteiger partial charge on any atom is -0.493 e. The number of carbonyl (C=O) groups is 1. The van der Waals surface area contributed by atoms with Crippen LogP contribution in [0.1, 0.15) is 31.0 Å². The van der Waals surface area contributed by atoms with Gasteiger partial charge in [0.25, 0.3) is 0 Å². The van der Waals surface area contributed by atoms with E-state index in [0.717, 1.165) is 5.56 Å². The second-order valence-electron chi connectivity index (χ2n) is 6.74. The summed E-state index contributed by atoms with van der Waals surface area (Å²) in [7, 11) is 1.53. The van der Waals surface area contributed by atoms with Gasteiger partial charge in [-0.05, 0) is 61.5 Å². The van der Waals surface area contributed by atoms with Crippen LogP contribution >= 0.6 is 35.4 Å². The Labute approximate surface area is 196 Å². The summed E-state index contributed by atoms with van der Waals surface area (Å²) in [5.41, 5.74) is 2.65. The molecule has 6 nitrogen and oxygen atoms in total. The summed E-state index contributed by atoms with van der Waals surface area (Å²) in [4.78, 5) is 12.6. The third-order valence-electron chi connectivity index (χ3n) is 4.65.